The van der Waals surface area contributed by atoms with Gasteiger partial charge >= 0.3 is 0 Å². The van der Waals surface area contributed by atoms with Gasteiger partial charge in [0, 0.05) is 17.1 Å². The zero-order valence-corrected chi connectivity index (χ0v) is 14.0. The average molecular weight is 317 g/mol. The number of thiocarbonyl (C=S) groups is 1. The molecule has 110 valence electrons. The second-order valence-electron chi connectivity index (χ2n) is 5.60. The average Bonchev–Trinajstić information content (AvgIpc) is 3.02. The standard InChI is InChI=1S/C16H19N3S2/c1-10(2)19-14(15-11(3)7-9-21-15)13(18-16(19)20)12-6-4-5-8-17-12/h4-10,13-14H,1-3H3,(H,18,20)/t13-,14+/m1/s1. The molecule has 5 heteroatoms. The number of hydrogen-bond donors (Lipinski definition) is 1. The topological polar surface area (TPSA) is 28.2 Å². The third-order valence-electron chi connectivity index (χ3n) is 3.86. The molecule has 3 rings (SSSR count). The first-order valence-electron chi connectivity index (χ1n) is 7.13. The highest BCUT2D eigenvalue weighted by Gasteiger charge is 2.41. The highest BCUT2D eigenvalue weighted by Crippen LogP contribution is 2.42. The molecule has 1 N–H and O–H groups in total. The lowest BCUT2D eigenvalue weighted by Gasteiger charge is -2.30. The Labute approximate surface area is 135 Å². The second kappa shape index (κ2) is 5.73. The van der Waals surface area contributed by atoms with Crippen molar-refractivity contribution in [3.05, 3.63) is 52.0 Å². The maximum atomic E-state index is 5.58. The first kappa shape index (κ1) is 14.5. The highest BCUT2D eigenvalue weighted by atomic mass is 32.1. The van der Waals surface area contributed by atoms with Crippen LogP contribution in [0.5, 0.6) is 0 Å². The van der Waals surface area contributed by atoms with Crippen molar-refractivity contribution in [3.63, 3.8) is 0 Å². The van der Waals surface area contributed by atoms with Crippen LogP contribution in [0.4, 0.5) is 0 Å². The smallest absolute Gasteiger partial charge is 0.170 e. The quantitative estimate of drug-likeness (QED) is 0.871. The van der Waals surface area contributed by atoms with Crippen LogP contribution in [0.3, 0.4) is 0 Å². The number of aromatic nitrogens is 1. The van der Waals surface area contributed by atoms with Gasteiger partial charge in [-0.1, -0.05) is 6.07 Å². The lowest BCUT2D eigenvalue weighted by molar-refractivity contribution is 0.272. The van der Waals surface area contributed by atoms with E-state index in [0.29, 0.717) is 6.04 Å². The van der Waals surface area contributed by atoms with Crippen molar-refractivity contribution in [3.8, 4) is 0 Å². The molecule has 0 radical (unpaired) electrons. The fraction of sp³-hybridized carbons (Fsp3) is 0.375. The molecule has 1 saturated heterocycles. The van der Waals surface area contributed by atoms with Crippen molar-refractivity contribution in [1.29, 1.82) is 0 Å². The molecule has 0 amide bonds. The SMILES string of the molecule is Cc1ccsc1[C@@H]1[C@@H](c2ccccn2)NC(=S)N1C(C)C. The summed E-state index contributed by atoms with van der Waals surface area (Å²) in [7, 11) is 0. The Balaban J connectivity index is 2.07. The Bertz CT molecular complexity index is 636. The Morgan fingerprint density at radius 1 is 1.33 bits per heavy atom. The first-order chi connectivity index (χ1) is 10.1. The summed E-state index contributed by atoms with van der Waals surface area (Å²) in [6.07, 6.45) is 1.84. The molecule has 1 aliphatic heterocycles. The second-order valence-corrected chi connectivity index (χ2v) is 6.93. The third-order valence-corrected chi connectivity index (χ3v) is 5.28. The summed E-state index contributed by atoms with van der Waals surface area (Å²) in [6.45, 7) is 6.54. The van der Waals surface area contributed by atoms with Gasteiger partial charge in [-0.05, 0) is 62.1 Å². The third kappa shape index (κ3) is 2.56. The molecular weight excluding hydrogens is 298 g/mol. The van der Waals surface area contributed by atoms with Crippen LogP contribution in [-0.4, -0.2) is 21.0 Å². The predicted molar refractivity (Wildman–Crippen MR) is 91.5 cm³/mol. The summed E-state index contributed by atoms with van der Waals surface area (Å²) in [5.74, 6) is 0. The van der Waals surface area contributed by atoms with Crippen molar-refractivity contribution in [2.45, 2.75) is 38.9 Å². The number of pyridine rings is 1. The van der Waals surface area contributed by atoms with E-state index in [1.165, 1.54) is 10.4 Å². The largest absolute Gasteiger partial charge is 0.352 e. The summed E-state index contributed by atoms with van der Waals surface area (Å²) in [4.78, 5) is 8.20. The van der Waals surface area contributed by atoms with Gasteiger partial charge in [-0.2, -0.15) is 0 Å². The van der Waals surface area contributed by atoms with Crippen LogP contribution < -0.4 is 5.32 Å². The molecule has 3 nitrogen and oxygen atoms in total. The van der Waals surface area contributed by atoms with Crippen LogP contribution >= 0.6 is 23.6 Å². The molecule has 0 unspecified atom stereocenters. The highest BCUT2D eigenvalue weighted by molar-refractivity contribution is 7.80. The minimum absolute atomic E-state index is 0.110. The molecule has 0 aliphatic carbocycles. The van der Waals surface area contributed by atoms with E-state index in [4.69, 9.17) is 12.2 Å². The first-order valence-corrected chi connectivity index (χ1v) is 8.42. The minimum Gasteiger partial charge on any atom is -0.352 e. The van der Waals surface area contributed by atoms with Crippen LogP contribution in [0.2, 0.25) is 0 Å². The number of aryl methyl sites for hydroxylation is 1. The number of thiophene rings is 1. The Kier molecular flexibility index (Phi) is 3.95. The van der Waals surface area contributed by atoms with Gasteiger partial charge in [0.2, 0.25) is 0 Å². The zero-order chi connectivity index (χ0) is 15.0. The van der Waals surface area contributed by atoms with Gasteiger partial charge in [-0.15, -0.1) is 11.3 Å². The Morgan fingerprint density at radius 2 is 2.14 bits per heavy atom. The van der Waals surface area contributed by atoms with Crippen LogP contribution in [0.25, 0.3) is 0 Å². The molecule has 21 heavy (non-hydrogen) atoms. The maximum absolute atomic E-state index is 5.58. The van der Waals surface area contributed by atoms with Gasteiger partial charge in [0.25, 0.3) is 0 Å². The van der Waals surface area contributed by atoms with Crippen molar-refractivity contribution >= 4 is 28.7 Å². The van der Waals surface area contributed by atoms with E-state index >= 15 is 0 Å². The number of nitrogens with one attached hydrogen (secondary N) is 1. The van der Waals surface area contributed by atoms with E-state index in [-0.39, 0.29) is 12.1 Å². The molecule has 1 aliphatic rings. The molecule has 2 atom stereocenters. The van der Waals surface area contributed by atoms with Crippen molar-refractivity contribution < 1.29 is 0 Å². The van der Waals surface area contributed by atoms with Gasteiger partial charge in [0.1, 0.15) is 0 Å². The molecule has 0 saturated carbocycles. The summed E-state index contributed by atoms with van der Waals surface area (Å²) in [6, 6.07) is 8.90. The Hall–Kier alpha value is -1.46. The Morgan fingerprint density at radius 3 is 2.71 bits per heavy atom. The van der Waals surface area contributed by atoms with Gasteiger partial charge in [-0.3, -0.25) is 4.98 Å². The van der Waals surface area contributed by atoms with Gasteiger partial charge in [-0.25, -0.2) is 0 Å². The lowest BCUT2D eigenvalue weighted by atomic mass is 10.00. The molecule has 0 aromatic carbocycles. The van der Waals surface area contributed by atoms with E-state index in [9.17, 15) is 0 Å². The van der Waals surface area contributed by atoms with Gasteiger partial charge in [0.15, 0.2) is 5.11 Å². The molecule has 3 heterocycles. The van der Waals surface area contributed by atoms with E-state index in [1.807, 2.05) is 18.3 Å². The maximum Gasteiger partial charge on any atom is 0.170 e. The zero-order valence-electron chi connectivity index (χ0n) is 12.4. The van der Waals surface area contributed by atoms with E-state index in [1.54, 1.807) is 11.3 Å². The fourth-order valence-electron chi connectivity index (χ4n) is 2.89. The summed E-state index contributed by atoms with van der Waals surface area (Å²) >= 11 is 7.38. The molecule has 1 fully saturated rings. The number of rotatable bonds is 3. The van der Waals surface area contributed by atoms with Crippen molar-refractivity contribution in [2.75, 3.05) is 0 Å². The fourth-order valence-corrected chi connectivity index (χ4v) is 4.40. The van der Waals surface area contributed by atoms with Crippen LogP contribution in [0, 0.1) is 6.92 Å². The summed E-state index contributed by atoms with van der Waals surface area (Å²) in [5.41, 5.74) is 2.36. The molecule has 0 bridgehead atoms. The number of hydrogen-bond acceptors (Lipinski definition) is 3. The van der Waals surface area contributed by atoms with Crippen molar-refractivity contribution in [2.24, 2.45) is 0 Å². The van der Waals surface area contributed by atoms with Crippen molar-refractivity contribution in [1.82, 2.24) is 15.2 Å². The van der Waals surface area contributed by atoms with Crippen LogP contribution in [0.15, 0.2) is 35.8 Å². The molecule has 2 aromatic heterocycles. The molecule has 2 aromatic rings. The normalized spacial score (nSPS) is 21.9. The monoisotopic (exact) mass is 317 g/mol. The summed E-state index contributed by atoms with van der Waals surface area (Å²) in [5, 5.41) is 6.44. The van der Waals surface area contributed by atoms with E-state index in [2.05, 4.69) is 53.5 Å². The van der Waals surface area contributed by atoms with E-state index < -0.39 is 0 Å². The van der Waals surface area contributed by atoms with Gasteiger partial charge < -0.3 is 10.2 Å². The van der Waals surface area contributed by atoms with E-state index in [0.717, 1.165) is 10.8 Å². The van der Waals surface area contributed by atoms with Crippen LogP contribution in [-0.2, 0) is 0 Å². The lowest BCUT2D eigenvalue weighted by Crippen LogP contribution is -2.35. The predicted octanol–water partition coefficient (Wildman–Crippen LogP) is 3.83. The minimum atomic E-state index is 0.110. The number of nitrogens with zero attached hydrogens (tertiary/aromatic N) is 2. The summed E-state index contributed by atoms with van der Waals surface area (Å²) < 4.78 is 0. The molecule has 0 spiro atoms. The van der Waals surface area contributed by atoms with Gasteiger partial charge in [0.05, 0.1) is 17.8 Å². The molecular formula is C16H19N3S2. The van der Waals surface area contributed by atoms with Crippen LogP contribution in [0.1, 0.15) is 42.1 Å².